The molecule has 24 heavy (non-hydrogen) atoms. The Kier molecular flexibility index (Phi) is 4.22. The Balaban J connectivity index is 1.62. The molecule has 1 amide bonds. The van der Waals surface area contributed by atoms with Gasteiger partial charge in [0.15, 0.2) is 16.6 Å². The fourth-order valence-electron chi connectivity index (χ4n) is 3.42. The van der Waals surface area contributed by atoms with E-state index in [0.29, 0.717) is 22.3 Å². The van der Waals surface area contributed by atoms with Crippen LogP contribution in [0.2, 0.25) is 0 Å². The molecule has 1 N–H and O–H groups in total. The van der Waals surface area contributed by atoms with Gasteiger partial charge in [-0.15, -0.1) is 0 Å². The molecule has 1 saturated carbocycles. The van der Waals surface area contributed by atoms with Gasteiger partial charge in [-0.2, -0.15) is 0 Å². The number of rotatable bonds is 2. The lowest BCUT2D eigenvalue weighted by Gasteiger charge is -2.29. The lowest BCUT2D eigenvalue weighted by Crippen LogP contribution is -2.41. The Morgan fingerprint density at radius 3 is 2.67 bits per heavy atom. The number of carbonyl (C=O) groups excluding carboxylic acids is 1. The van der Waals surface area contributed by atoms with E-state index in [4.69, 9.17) is 21.7 Å². The van der Waals surface area contributed by atoms with Gasteiger partial charge in [-0.1, -0.05) is 35.2 Å². The number of thiocarbonyl (C=S) groups is 1. The molecule has 2 heterocycles. The number of halogens is 1. The Labute approximate surface area is 154 Å². The molecule has 0 bridgehead atoms. The second-order valence-corrected chi connectivity index (χ2v) is 7.42. The summed E-state index contributed by atoms with van der Waals surface area (Å²) >= 11 is 8.92. The molecule has 0 spiro atoms. The van der Waals surface area contributed by atoms with Crippen molar-refractivity contribution in [2.24, 2.45) is 0 Å². The fourth-order valence-corrected chi connectivity index (χ4v) is 4.20. The summed E-state index contributed by atoms with van der Waals surface area (Å²) in [4.78, 5) is 14.6. The lowest BCUT2D eigenvalue weighted by atomic mass is 9.94. The number of fused-ring (bicyclic) bond motifs is 1. The number of carbonyl (C=O) groups is 1. The van der Waals surface area contributed by atoms with Crippen LogP contribution in [-0.4, -0.2) is 28.8 Å². The molecule has 1 aromatic carbocycles. The maximum absolute atomic E-state index is 12.8. The molecule has 7 heteroatoms. The van der Waals surface area contributed by atoms with Crippen molar-refractivity contribution >= 4 is 45.2 Å². The summed E-state index contributed by atoms with van der Waals surface area (Å²) in [6.07, 6.45) is 7.41. The summed E-state index contributed by atoms with van der Waals surface area (Å²) in [6, 6.07) is 3.93. The van der Waals surface area contributed by atoms with Gasteiger partial charge >= 0.3 is 0 Å². The summed E-state index contributed by atoms with van der Waals surface area (Å²) in [5.74, 6) is 1.34. The van der Waals surface area contributed by atoms with E-state index in [9.17, 15) is 4.79 Å². The Hall–Kier alpha value is -1.60. The third kappa shape index (κ3) is 2.80. The molecule has 1 aromatic rings. The first-order chi connectivity index (χ1) is 11.6. The quantitative estimate of drug-likeness (QED) is 0.598. The number of nitrogens with zero attached hydrogens (tertiary/aromatic N) is 1. The summed E-state index contributed by atoms with van der Waals surface area (Å²) in [5.41, 5.74) is 1.36. The van der Waals surface area contributed by atoms with Gasteiger partial charge < -0.3 is 14.8 Å². The van der Waals surface area contributed by atoms with Crippen molar-refractivity contribution in [3.05, 3.63) is 27.9 Å². The van der Waals surface area contributed by atoms with Crippen LogP contribution in [0.15, 0.2) is 22.3 Å². The Morgan fingerprint density at radius 1 is 1.21 bits per heavy atom. The fraction of sp³-hybridized carbons (Fsp3) is 0.412. The van der Waals surface area contributed by atoms with Crippen molar-refractivity contribution in [2.75, 3.05) is 6.79 Å². The first kappa shape index (κ1) is 15.9. The zero-order valence-electron chi connectivity index (χ0n) is 13.0. The van der Waals surface area contributed by atoms with Crippen LogP contribution >= 0.6 is 28.1 Å². The molecule has 5 nitrogen and oxygen atoms in total. The Morgan fingerprint density at radius 2 is 1.92 bits per heavy atom. The maximum atomic E-state index is 12.8. The smallest absolute Gasteiger partial charge is 0.276 e. The minimum absolute atomic E-state index is 0.0449. The molecule has 1 aliphatic carbocycles. The van der Waals surface area contributed by atoms with E-state index in [2.05, 4.69) is 21.2 Å². The molecule has 2 fully saturated rings. The van der Waals surface area contributed by atoms with Crippen molar-refractivity contribution in [3.8, 4) is 11.5 Å². The average molecular weight is 409 g/mol. The van der Waals surface area contributed by atoms with Gasteiger partial charge in [0.05, 0.1) is 0 Å². The highest BCUT2D eigenvalue weighted by molar-refractivity contribution is 9.10. The van der Waals surface area contributed by atoms with E-state index >= 15 is 0 Å². The van der Waals surface area contributed by atoms with Crippen LogP contribution in [0.3, 0.4) is 0 Å². The highest BCUT2D eigenvalue weighted by Crippen LogP contribution is 2.38. The van der Waals surface area contributed by atoms with Gasteiger partial charge in [0.25, 0.3) is 5.91 Å². The van der Waals surface area contributed by atoms with Crippen LogP contribution in [0.4, 0.5) is 0 Å². The zero-order valence-corrected chi connectivity index (χ0v) is 15.4. The van der Waals surface area contributed by atoms with Crippen LogP contribution in [0.5, 0.6) is 11.5 Å². The second kappa shape index (κ2) is 6.37. The summed E-state index contributed by atoms with van der Waals surface area (Å²) in [7, 11) is 0. The standard InChI is InChI=1S/C17H17BrN2O3S/c18-12-8-15-14(22-9-23-15)7-10(12)6-13-16(21)20(17(24)19-13)11-4-2-1-3-5-11/h6-8,11H,1-5,9H2,(H,19,24)/b13-6-. The molecule has 0 aromatic heterocycles. The van der Waals surface area contributed by atoms with E-state index in [1.54, 1.807) is 4.90 Å². The van der Waals surface area contributed by atoms with E-state index in [0.717, 1.165) is 35.7 Å². The van der Waals surface area contributed by atoms with Gasteiger partial charge in [-0.25, -0.2) is 0 Å². The number of hydrogen-bond acceptors (Lipinski definition) is 4. The zero-order chi connectivity index (χ0) is 16.7. The molecule has 3 aliphatic rings. The number of benzene rings is 1. The van der Waals surface area contributed by atoms with Crippen LogP contribution in [0.1, 0.15) is 37.7 Å². The van der Waals surface area contributed by atoms with Crippen LogP contribution < -0.4 is 14.8 Å². The predicted molar refractivity (Wildman–Crippen MR) is 97.7 cm³/mol. The first-order valence-corrected chi connectivity index (χ1v) is 9.29. The SMILES string of the molecule is O=C1/C(=C/c2cc3c(cc2Br)OCO3)NC(=S)N1C1CCCCC1. The third-order valence-electron chi connectivity index (χ3n) is 4.64. The van der Waals surface area contributed by atoms with Crippen molar-refractivity contribution in [1.29, 1.82) is 0 Å². The van der Waals surface area contributed by atoms with Crippen molar-refractivity contribution in [3.63, 3.8) is 0 Å². The van der Waals surface area contributed by atoms with Gasteiger partial charge in [0.1, 0.15) is 5.70 Å². The van der Waals surface area contributed by atoms with E-state index in [1.165, 1.54) is 6.42 Å². The number of ether oxygens (including phenoxy) is 2. The lowest BCUT2D eigenvalue weighted by molar-refractivity contribution is -0.124. The number of amides is 1. The number of hydrogen-bond donors (Lipinski definition) is 1. The molecule has 4 rings (SSSR count). The van der Waals surface area contributed by atoms with Gasteiger partial charge in [-0.05, 0) is 48.8 Å². The van der Waals surface area contributed by atoms with Crippen LogP contribution in [0.25, 0.3) is 6.08 Å². The monoisotopic (exact) mass is 408 g/mol. The third-order valence-corrected chi connectivity index (χ3v) is 5.63. The number of nitrogens with one attached hydrogen (secondary N) is 1. The molecule has 126 valence electrons. The first-order valence-electron chi connectivity index (χ1n) is 8.09. The van der Waals surface area contributed by atoms with Crippen molar-refractivity contribution in [2.45, 2.75) is 38.1 Å². The van der Waals surface area contributed by atoms with Crippen molar-refractivity contribution < 1.29 is 14.3 Å². The Bertz CT molecular complexity index is 744. The molecule has 2 aliphatic heterocycles. The average Bonchev–Trinajstić information content (AvgIpc) is 3.13. The molecule has 0 unspecified atom stereocenters. The molecular weight excluding hydrogens is 392 g/mol. The molecule has 0 radical (unpaired) electrons. The minimum Gasteiger partial charge on any atom is -0.454 e. The summed E-state index contributed by atoms with van der Waals surface area (Å²) < 4.78 is 11.6. The van der Waals surface area contributed by atoms with Crippen molar-refractivity contribution in [1.82, 2.24) is 10.2 Å². The normalized spacial score (nSPS) is 22.4. The van der Waals surface area contributed by atoms with Gasteiger partial charge in [-0.3, -0.25) is 9.69 Å². The molecule has 1 saturated heterocycles. The predicted octanol–water partition coefficient (Wildman–Crippen LogP) is 3.57. The summed E-state index contributed by atoms with van der Waals surface area (Å²) in [5, 5.41) is 3.58. The van der Waals surface area contributed by atoms with E-state index in [1.807, 2.05) is 18.2 Å². The van der Waals surface area contributed by atoms with Gasteiger partial charge in [0.2, 0.25) is 6.79 Å². The molecule has 0 atom stereocenters. The highest BCUT2D eigenvalue weighted by Gasteiger charge is 2.36. The van der Waals surface area contributed by atoms with Crippen LogP contribution in [0, 0.1) is 0 Å². The van der Waals surface area contributed by atoms with E-state index in [-0.39, 0.29) is 18.7 Å². The highest BCUT2D eigenvalue weighted by atomic mass is 79.9. The largest absolute Gasteiger partial charge is 0.454 e. The summed E-state index contributed by atoms with van der Waals surface area (Å²) in [6.45, 7) is 0.221. The van der Waals surface area contributed by atoms with Crippen LogP contribution in [-0.2, 0) is 4.79 Å². The maximum Gasteiger partial charge on any atom is 0.276 e. The molecular formula is C17H17BrN2O3S. The second-order valence-electron chi connectivity index (χ2n) is 6.18. The van der Waals surface area contributed by atoms with E-state index < -0.39 is 0 Å². The minimum atomic E-state index is -0.0449. The van der Waals surface area contributed by atoms with Gasteiger partial charge in [0, 0.05) is 10.5 Å². The topological polar surface area (TPSA) is 50.8 Å².